The molecular formula is C20H24Cl2N2O3S2. The summed E-state index contributed by atoms with van der Waals surface area (Å²) >= 11 is 13.9. The summed E-state index contributed by atoms with van der Waals surface area (Å²) in [6, 6.07) is 12.7. The molecule has 5 nitrogen and oxygen atoms in total. The molecule has 0 spiro atoms. The van der Waals surface area contributed by atoms with Crippen LogP contribution in [0, 0.1) is 6.92 Å². The molecule has 9 heteroatoms. The number of nitrogens with zero attached hydrogens (tertiary/aromatic N) is 1. The molecule has 1 N–H and O–H groups in total. The lowest BCUT2D eigenvalue weighted by molar-refractivity contribution is -0.119. The van der Waals surface area contributed by atoms with Crippen molar-refractivity contribution in [3.05, 3.63) is 63.6 Å². The minimum absolute atomic E-state index is 0.285. The van der Waals surface area contributed by atoms with E-state index in [-0.39, 0.29) is 12.5 Å². The molecule has 0 aromatic heterocycles. The normalized spacial score (nSPS) is 11.3. The molecule has 0 atom stereocenters. The standard InChI is InChI=1S/C20H24Cl2N2O3S2/c1-15-8-9-17(21)12-19(15)24(29(2,26)27)13-20(25)23-10-5-11-28-14-16-6-3-4-7-18(16)22/h3-4,6-9,12H,5,10-11,13-14H2,1-2H3,(H,23,25). The van der Waals surface area contributed by atoms with Gasteiger partial charge < -0.3 is 5.32 Å². The van der Waals surface area contributed by atoms with E-state index in [2.05, 4.69) is 5.32 Å². The highest BCUT2D eigenvalue weighted by molar-refractivity contribution is 7.98. The maximum absolute atomic E-state index is 12.3. The van der Waals surface area contributed by atoms with Crippen LogP contribution in [0.4, 0.5) is 5.69 Å². The molecule has 0 fully saturated rings. The van der Waals surface area contributed by atoms with Gasteiger partial charge >= 0.3 is 0 Å². The third-order valence-corrected chi connectivity index (χ3v) is 6.95. The van der Waals surface area contributed by atoms with Crippen LogP contribution in [0.2, 0.25) is 10.0 Å². The van der Waals surface area contributed by atoms with E-state index in [1.165, 1.54) is 0 Å². The Labute approximate surface area is 186 Å². The van der Waals surface area contributed by atoms with Crippen LogP contribution >= 0.6 is 35.0 Å². The van der Waals surface area contributed by atoms with Crippen LogP contribution in [0.3, 0.4) is 0 Å². The lowest BCUT2D eigenvalue weighted by Gasteiger charge is -2.23. The number of halogens is 2. The molecule has 1 amide bonds. The molecule has 0 bridgehead atoms. The van der Waals surface area contributed by atoms with Gasteiger partial charge in [-0.3, -0.25) is 9.10 Å². The van der Waals surface area contributed by atoms with E-state index in [0.29, 0.717) is 17.3 Å². The quantitative estimate of drug-likeness (QED) is 0.514. The van der Waals surface area contributed by atoms with E-state index in [0.717, 1.165) is 44.6 Å². The van der Waals surface area contributed by atoms with Gasteiger partial charge in [0.25, 0.3) is 0 Å². The highest BCUT2D eigenvalue weighted by Crippen LogP contribution is 2.26. The van der Waals surface area contributed by atoms with Gasteiger partial charge in [-0.15, -0.1) is 0 Å². The molecule has 0 aliphatic rings. The van der Waals surface area contributed by atoms with E-state index in [9.17, 15) is 13.2 Å². The summed E-state index contributed by atoms with van der Waals surface area (Å²) in [5, 5.41) is 3.95. The van der Waals surface area contributed by atoms with Gasteiger partial charge in [0.05, 0.1) is 11.9 Å². The zero-order valence-electron chi connectivity index (χ0n) is 16.3. The van der Waals surface area contributed by atoms with Gasteiger partial charge in [-0.1, -0.05) is 47.5 Å². The molecule has 2 aromatic carbocycles. The summed E-state index contributed by atoms with van der Waals surface area (Å²) in [6.07, 6.45) is 1.85. The molecule has 0 unspecified atom stereocenters. The Morgan fingerprint density at radius 2 is 1.90 bits per heavy atom. The Balaban J connectivity index is 1.82. The van der Waals surface area contributed by atoms with Gasteiger partial charge in [0.15, 0.2) is 0 Å². The van der Waals surface area contributed by atoms with E-state index < -0.39 is 10.0 Å². The van der Waals surface area contributed by atoms with Gasteiger partial charge in [0, 0.05) is 22.3 Å². The smallest absolute Gasteiger partial charge is 0.240 e. The van der Waals surface area contributed by atoms with Crippen molar-refractivity contribution in [3.8, 4) is 0 Å². The van der Waals surface area contributed by atoms with Crippen LogP contribution in [0.5, 0.6) is 0 Å². The Morgan fingerprint density at radius 1 is 1.17 bits per heavy atom. The Kier molecular flexibility index (Phi) is 9.14. The highest BCUT2D eigenvalue weighted by Gasteiger charge is 2.22. The van der Waals surface area contributed by atoms with Crippen molar-refractivity contribution in [1.29, 1.82) is 0 Å². The summed E-state index contributed by atoms with van der Waals surface area (Å²) in [7, 11) is -3.63. The van der Waals surface area contributed by atoms with Crippen LogP contribution in [-0.4, -0.2) is 39.4 Å². The number of carbonyl (C=O) groups excluding carboxylic acids is 1. The van der Waals surface area contributed by atoms with E-state index in [1.807, 2.05) is 24.3 Å². The number of carbonyl (C=O) groups is 1. The third-order valence-electron chi connectivity index (χ3n) is 4.13. The summed E-state index contributed by atoms with van der Waals surface area (Å²) in [5.74, 6) is 1.31. The fourth-order valence-corrected chi connectivity index (χ4v) is 4.94. The number of aryl methyl sites for hydroxylation is 1. The SMILES string of the molecule is Cc1ccc(Cl)cc1N(CC(=O)NCCCSCc1ccccc1Cl)S(C)(=O)=O. The third kappa shape index (κ3) is 7.74. The maximum atomic E-state index is 12.3. The number of anilines is 1. The average molecular weight is 475 g/mol. The van der Waals surface area contributed by atoms with E-state index in [1.54, 1.807) is 36.9 Å². The van der Waals surface area contributed by atoms with Crippen LogP contribution in [-0.2, 0) is 20.6 Å². The average Bonchev–Trinajstić information content (AvgIpc) is 2.65. The first kappa shape index (κ1) is 23.9. The molecule has 158 valence electrons. The number of hydrogen-bond acceptors (Lipinski definition) is 4. The molecule has 0 aliphatic carbocycles. The fraction of sp³-hybridized carbons (Fsp3) is 0.350. The van der Waals surface area contributed by atoms with Gasteiger partial charge in [0.2, 0.25) is 15.9 Å². The Bertz CT molecular complexity index is 952. The molecule has 0 saturated heterocycles. The zero-order chi connectivity index (χ0) is 21.4. The molecular weight excluding hydrogens is 451 g/mol. The number of benzene rings is 2. The largest absolute Gasteiger partial charge is 0.354 e. The summed E-state index contributed by atoms with van der Waals surface area (Å²) < 4.78 is 25.5. The van der Waals surface area contributed by atoms with E-state index in [4.69, 9.17) is 23.2 Å². The predicted octanol–water partition coefficient (Wildman–Crippen LogP) is 4.51. The molecule has 0 radical (unpaired) electrons. The van der Waals surface area contributed by atoms with Crippen LogP contribution in [0.15, 0.2) is 42.5 Å². The van der Waals surface area contributed by atoms with E-state index >= 15 is 0 Å². The number of amides is 1. The minimum atomic E-state index is -3.63. The van der Waals surface area contributed by atoms with Crippen molar-refractivity contribution in [2.45, 2.75) is 19.1 Å². The van der Waals surface area contributed by atoms with Crippen molar-refractivity contribution in [3.63, 3.8) is 0 Å². The van der Waals surface area contributed by atoms with Gasteiger partial charge in [-0.05, 0) is 48.4 Å². The molecule has 0 heterocycles. The van der Waals surface area contributed by atoms with Crippen molar-refractivity contribution < 1.29 is 13.2 Å². The van der Waals surface area contributed by atoms with Crippen LogP contribution in [0.25, 0.3) is 0 Å². The van der Waals surface area contributed by atoms with Crippen LogP contribution < -0.4 is 9.62 Å². The molecule has 2 aromatic rings. The van der Waals surface area contributed by atoms with Gasteiger partial charge in [0.1, 0.15) is 6.54 Å². The number of thioether (sulfide) groups is 1. The highest BCUT2D eigenvalue weighted by atomic mass is 35.5. The molecule has 2 rings (SSSR count). The van der Waals surface area contributed by atoms with Crippen molar-refractivity contribution in [2.24, 2.45) is 0 Å². The summed E-state index contributed by atoms with van der Waals surface area (Å²) in [4.78, 5) is 12.3. The molecule has 29 heavy (non-hydrogen) atoms. The monoisotopic (exact) mass is 474 g/mol. The molecule has 0 saturated carbocycles. The lowest BCUT2D eigenvalue weighted by atomic mass is 10.2. The predicted molar refractivity (Wildman–Crippen MR) is 124 cm³/mol. The summed E-state index contributed by atoms with van der Waals surface area (Å²) in [6.45, 7) is 1.96. The van der Waals surface area contributed by atoms with Crippen molar-refractivity contribution >= 4 is 56.6 Å². The first-order valence-corrected chi connectivity index (χ1v) is 12.8. The molecule has 0 aliphatic heterocycles. The number of nitrogens with one attached hydrogen (secondary N) is 1. The first-order valence-electron chi connectivity index (χ1n) is 9.00. The maximum Gasteiger partial charge on any atom is 0.240 e. The zero-order valence-corrected chi connectivity index (χ0v) is 19.5. The van der Waals surface area contributed by atoms with Crippen LogP contribution in [0.1, 0.15) is 17.5 Å². The fourth-order valence-electron chi connectivity index (χ4n) is 2.62. The van der Waals surface area contributed by atoms with Gasteiger partial charge in [-0.2, -0.15) is 11.8 Å². The second-order valence-electron chi connectivity index (χ2n) is 6.55. The second kappa shape index (κ2) is 11.1. The second-order valence-corrected chi connectivity index (χ2v) is 10.4. The lowest BCUT2D eigenvalue weighted by Crippen LogP contribution is -2.41. The summed E-state index contributed by atoms with van der Waals surface area (Å²) in [5.41, 5.74) is 2.22. The first-order chi connectivity index (χ1) is 13.7. The Hall–Kier alpha value is -1.41. The number of hydrogen-bond donors (Lipinski definition) is 1. The minimum Gasteiger partial charge on any atom is -0.354 e. The van der Waals surface area contributed by atoms with Crippen molar-refractivity contribution in [1.82, 2.24) is 5.32 Å². The Morgan fingerprint density at radius 3 is 2.59 bits per heavy atom. The number of sulfonamides is 1. The van der Waals surface area contributed by atoms with Crippen molar-refractivity contribution in [2.75, 3.05) is 29.4 Å². The van der Waals surface area contributed by atoms with Gasteiger partial charge in [-0.25, -0.2) is 8.42 Å². The topological polar surface area (TPSA) is 66.5 Å². The number of rotatable bonds is 10.